The molecule has 0 radical (unpaired) electrons. The van der Waals surface area contributed by atoms with Crippen LogP contribution in [-0.2, 0) is 0 Å². The molecule has 1 fully saturated rings. The van der Waals surface area contributed by atoms with Crippen LogP contribution in [0.2, 0.25) is 0 Å². The van der Waals surface area contributed by atoms with Gasteiger partial charge in [-0.05, 0) is 30.3 Å². The first-order valence-electron chi connectivity index (χ1n) is 10.5. The second-order valence-electron chi connectivity index (χ2n) is 7.49. The van der Waals surface area contributed by atoms with Crippen LogP contribution < -0.4 is 25.9 Å². The molecule has 8 heteroatoms. The molecule has 1 saturated heterocycles. The molecule has 0 aliphatic carbocycles. The molecule has 0 unspecified atom stereocenters. The maximum Gasteiger partial charge on any atom is 0.338 e. The number of para-hydroxylation sites is 1. The first-order valence-corrected chi connectivity index (χ1v) is 10.5. The fourth-order valence-electron chi connectivity index (χ4n) is 3.95. The van der Waals surface area contributed by atoms with Crippen molar-refractivity contribution in [1.82, 2.24) is 15.3 Å². The van der Waals surface area contributed by atoms with Gasteiger partial charge in [0.25, 0.3) is 0 Å². The van der Waals surface area contributed by atoms with Crippen molar-refractivity contribution in [3.8, 4) is 17.0 Å². The van der Waals surface area contributed by atoms with Crippen molar-refractivity contribution < 1.29 is 9.15 Å². The molecule has 2 N–H and O–H groups in total. The molecule has 1 aliphatic heterocycles. The Morgan fingerprint density at radius 2 is 1.94 bits per heavy atom. The van der Waals surface area contributed by atoms with Crippen LogP contribution in [0.3, 0.4) is 0 Å². The van der Waals surface area contributed by atoms with Crippen molar-refractivity contribution in [3.63, 3.8) is 0 Å². The van der Waals surface area contributed by atoms with Crippen LogP contribution in [0, 0.1) is 0 Å². The number of piperazine rings is 1. The lowest BCUT2D eigenvalue weighted by Gasteiger charge is -2.30. The van der Waals surface area contributed by atoms with Crippen molar-refractivity contribution in [2.24, 2.45) is 0 Å². The lowest BCUT2D eigenvalue weighted by molar-refractivity contribution is 0.416. The number of anilines is 3. The highest BCUT2D eigenvalue weighted by molar-refractivity contribution is 5.92. The Labute approximate surface area is 184 Å². The molecular formula is C24H23N5O3. The zero-order valence-electron chi connectivity index (χ0n) is 17.7. The molecule has 0 spiro atoms. The van der Waals surface area contributed by atoms with Crippen LogP contribution >= 0.6 is 0 Å². The highest BCUT2D eigenvalue weighted by Gasteiger charge is 2.16. The van der Waals surface area contributed by atoms with Crippen molar-refractivity contribution >= 4 is 28.3 Å². The molecule has 4 aromatic rings. The summed E-state index contributed by atoms with van der Waals surface area (Å²) in [6.45, 7) is 3.48. The summed E-state index contributed by atoms with van der Waals surface area (Å²) in [6, 6.07) is 16.8. The molecule has 5 rings (SSSR count). The van der Waals surface area contributed by atoms with E-state index in [1.807, 2.05) is 48.5 Å². The average molecular weight is 429 g/mol. The predicted octanol–water partition coefficient (Wildman–Crippen LogP) is 3.41. The van der Waals surface area contributed by atoms with Crippen LogP contribution in [0.1, 0.15) is 0 Å². The molecule has 0 saturated carbocycles. The highest BCUT2D eigenvalue weighted by Crippen LogP contribution is 2.30. The molecule has 3 heterocycles. The number of hydrogen-bond acceptors (Lipinski definition) is 8. The van der Waals surface area contributed by atoms with Gasteiger partial charge in [0, 0.05) is 61.1 Å². The van der Waals surface area contributed by atoms with Gasteiger partial charge in [0.2, 0.25) is 5.95 Å². The molecule has 2 aromatic heterocycles. The van der Waals surface area contributed by atoms with Crippen molar-refractivity contribution in [2.45, 2.75) is 0 Å². The Morgan fingerprint density at radius 3 is 2.78 bits per heavy atom. The molecule has 162 valence electrons. The number of fused-ring (bicyclic) bond motifs is 1. The van der Waals surface area contributed by atoms with E-state index in [0.717, 1.165) is 59.9 Å². The average Bonchev–Trinajstić information content (AvgIpc) is 2.84. The van der Waals surface area contributed by atoms with E-state index in [9.17, 15) is 4.79 Å². The van der Waals surface area contributed by atoms with Gasteiger partial charge in [0.15, 0.2) is 0 Å². The summed E-state index contributed by atoms with van der Waals surface area (Å²) in [5.41, 5.74) is 3.42. The zero-order chi connectivity index (χ0) is 21.9. The summed E-state index contributed by atoms with van der Waals surface area (Å²) >= 11 is 0. The van der Waals surface area contributed by atoms with Crippen LogP contribution in [0.25, 0.3) is 22.2 Å². The van der Waals surface area contributed by atoms with Gasteiger partial charge in [-0.2, -0.15) is 0 Å². The maximum atomic E-state index is 12.2. The van der Waals surface area contributed by atoms with Crippen LogP contribution in [0.5, 0.6) is 5.75 Å². The Morgan fingerprint density at radius 1 is 1.09 bits per heavy atom. The van der Waals surface area contributed by atoms with Gasteiger partial charge in [0.05, 0.1) is 18.5 Å². The fourth-order valence-corrected chi connectivity index (χ4v) is 3.95. The molecule has 2 aromatic carbocycles. The topological polar surface area (TPSA) is 92.5 Å². The fraction of sp³-hybridized carbons (Fsp3) is 0.208. The Balaban J connectivity index is 1.47. The number of ether oxygens (including phenoxy) is 1. The minimum atomic E-state index is -0.363. The molecule has 0 atom stereocenters. The lowest BCUT2D eigenvalue weighted by atomic mass is 10.1. The monoisotopic (exact) mass is 429 g/mol. The predicted molar refractivity (Wildman–Crippen MR) is 125 cm³/mol. The van der Waals surface area contributed by atoms with Gasteiger partial charge < -0.3 is 24.7 Å². The second kappa shape index (κ2) is 8.68. The minimum absolute atomic E-state index is 0.363. The molecule has 32 heavy (non-hydrogen) atoms. The number of hydrogen-bond donors (Lipinski definition) is 2. The Kier molecular flexibility index (Phi) is 5.43. The molecule has 1 aliphatic rings. The number of benzene rings is 2. The maximum absolute atomic E-state index is 12.2. The van der Waals surface area contributed by atoms with E-state index in [-0.39, 0.29) is 5.63 Å². The third-order valence-electron chi connectivity index (χ3n) is 5.48. The van der Waals surface area contributed by atoms with Crippen LogP contribution in [0.15, 0.2) is 70.0 Å². The quantitative estimate of drug-likeness (QED) is 0.466. The van der Waals surface area contributed by atoms with E-state index in [1.54, 1.807) is 19.4 Å². The van der Waals surface area contributed by atoms with E-state index < -0.39 is 0 Å². The Bertz CT molecular complexity index is 1310. The lowest BCUT2D eigenvalue weighted by Crippen LogP contribution is -2.43. The number of rotatable bonds is 5. The van der Waals surface area contributed by atoms with Gasteiger partial charge in [-0.1, -0.05) is 12.1 Å². The van der Waals surface area contributed by atoms with Crippen molar-refractivity contribution in [3.05, 3.63) is 71.2 Å². The van der Waals surface area contributed by atoms with Crippen LogP contribution in [-0.4, -0.2) is 43.3 Å². The number of methoxy groups -OCH3 is 1. The Hall–Kier alpha value is -3.91. The number of nitrogens with zero attached hydrogens (tertiary/aromatic N) is 3. The van der Waals surface area contributed by atoms with E-state index in [4.69, 9.17) is 9.15 Å². The summed E-state index contributed by atoms with van der Waals surface area (Å²) in [5, 5.41) is 7.45. The number of aromatic nitrogens is 2. The van der Waals surface area contributed by atoms with Crippen LogP contribution in [0.4, 0.5) is 17.3 Å². The van der Waals surface area contributed by atoms with E-state index in [0.29, 0.717) is 11.5 Å². The standard InChI is InChI=1S/C24H23N5O3/c1-31-21-5-3-2-4-17(21)19-8-9-26-24(28-19)27-16-6-7-18-20(29-12-10-25-11-13-29)15-23(30)32-22(18)14-16/h2-9,14-15,25H,10-13H2,1H3,(H,26,27,28). The van der Waals surface area contributed by atoms with Gasteiger partial charge in [-0.25, -0.2) is 14.8 Å². The largest absolute Gasteiger partial charge is 0.496 e. The number of nitrogens with one attached hydrogen (secondary N) is 2. The molecule has 0 bridgehead atoms. The normalized spacial score (nSPS) is 13.8. The van der Waals surface area contributed by atoms with Gasteiger partial charge >= 0.3 is 5.63 Å². The van der Waals surface area contributed by atoms with E-state index in [1.165, 1.54) is 0 Å². The first kappa shape index (κ1) is 20.0. The second-order valence-corrected chi connectivity index (χ2v) is 7.49. The van der Waals surface area contributed by atoms with Gasteiger partial charge in [-0.3, -0.25) is 0 Å². The molecule has 8 nitrogen and oxygen atoms in total. The third-order valence-corrected chi connectivity index (χ3v) is 5.48. The highest BCUT2D eigenvalue weighted by atomic mass is 16.5. The zero-order valence-corrected chi connectivity index (χ0v) is 17.7. The smallest absolute Gasteiger partial charge is 0.338 e. The van der Waals surface area contributed by atoms with E-state index in [2.05, 4.69) is 25.5 Å². The summed E-state index contributed by atoms with van der Waals surface area (Å²) in [7, 11) is 1.64. The van der Waals surface area contributed by atoms with Crippen molar-refractivity contribution in [2.75, 3.05) is 43.5 Å². The summed E-state index contributed by atoms with van der Waals surface area (Å²) < 4.78 is 10.9. The SMILES string of the molecule is COc1ccccc1-c1ccnc(Nc2ccc3c(N4CCNCC4)cc(=O)oc3c2)n1. The van der Waals surface area contributed by atoms with Gasteiger partial charge in [0.1, 0.15) is 11.3 Å². The summed E-state index contributed by atoms with van der Waals surface area (Å²) in [6.07, 6.45) is 1.70. The van der Waals surface area contributed by atoms with E-state index >= 15 is 0 Å². The molecular weight excluding hydrogens is 406 g/mol. The van der Waals surface area contributed by atoms with Crippen molar-refractivity contribution in [1.29, 1.82) is 0 Å². The minimum Gasteiger partial charge on any atom is -0.496 e. The summed E-state index contributed by atoms with van der Waals surface area (Å²) in [5.74, 6) is 1.18. The summed E-state index contributed by atoms with van der Waals surface area (Å²) in [4.78, 5) is 23.4. The molecule has 0 amide bonds. The van der Waals surface area contributed by atoms with Gasteiger partial charge in [-0.15, -0.1) is 0 Å². The third kappa shape index (κ3) is 4.00. The first-order chi connectivity index (χ1) is 15.7.